The number of rotatable bonds is 4. The Kier molecular flexibility index (Phi) is 6.29. The Bertz CT molecular complexity index is 1590. The van der Waals surface area contributed by atoms with Gasteiger partial charge in [-0.25, -0.2) is 14.8 Å². The number of aliphatic carboxylic acids is 1. The molecule has 0 bridgehead atoms. The molecular weight excluding hydrogens is 500 g/mol. The van der Waals surface area contributed by atoms with Crippen molar-refractivity contribution in [2.24, 2.45) is 5.92 Å². The number of oxazole rings is 1. The molecule has 1 fully saturated rings. The number of carbonyl (C=O) groups is 2. The maximum absolute atomic E-state index is 12.7. The van der Waals surface area contributed by atoms with Gasteiger partial charge in [-0.15, -0.1) is 0 Å². The molecular formula is C29H32N4O6. The summed E-state index contributed by atoms with van der Waals surface area (Å²) in [6, 6.07) is 9.08. The van der Waals surface area contributed by atoms with E-state index in [0.717, 1.165) is 48.0 Å². The highest BCUT2D eigenvalue weighted by Crippen LogP contribution is 2.42. The SMILES string of the molecule is COC(=O)N1c2ccc3c(nc([C@H](O)c4ccc5oc(C)nc5c4)n3[C@@H]3CCC[C@@H](C(=O)O)C3)c2CC[C@@H]1C. The second-order valence-corrected chi connectivity index (χ2v) is 10.7. The molecule has 3 heterocycles. The standard InChI is InChI=1S/C29H32N4O6/c1-15-7-9-20-22(32(15)29(37)38-3)10-11-23-25(20)31-27(33(23)19-6-4-5-18(13-19)28(35)36)26(34)17-8-12-24-21(14-17)30-16(2)39-24/h8,10-12,14-15,18-19,26,34H,4-7,9,13H2,1-3H3,(H,35,36)/t15-,18+,19+,26+/m0/s1. The number of anilines is 1. The number of ether oxygens (including phenoxy) is 1. The number of aliphatic hydroxyl groups excluding tert-OH is 1. The molecule has 2 N–H and O–H groups in total. The van der Waals surface area contributed by atoms with Gasteiger partial charge in [-0.2, -0.15) is 0 Å². The molecule has 0 saturated heterocycles. The minimum Gasteiger partial charge on any atom is -0.481 e. The Morgan fingerprint density at radius 2 is 1.97 bits per heavy atom. The summed E-state index contributed by atoms with van der Waals surface area (Å²) < 4.78 is 12.7. The number of aromatic nitrogens is 3. The van der Waals surface area contributed by atoms with Gasteiger partial charge in [0.1, 0.15) is 17.4 Å². The molecule has 0 unspecified atom stereocenters. The fourth-order valence-electron chi connectivity index (χ4n) is 6.37. The third-order valence-electron chi connectivity index (χ3n) is 8.29. The van der Waals surface area contributed by atoms with Crippen molar-refractivity contribution >= 4 is 39.9 Å². The molecule has 10 nitrogen and oxygen atoms in total. The Hall–Kier alpha value is -3.92. The number of methoxy groups -OCH3 is 1. The summed E-state index contributed by atoms with van der Waals surface area (Å²) >= 11 is 0. The largest absolute Gasteiger partial charge is 0.481 e. The first kappa shape index (κ1) is 25.4. The van der Waals surface area contributed by atoms with Crippen LogP contribution in [0, 0.1) is 12.8 Å². The van der Waals surface area contributed by atoms with Gasteiger partial charge < -0.3 is 23.9 Å². The number of nitrogens with zero attached hydrogens (tertiary/aromatic N) is 4. The van der Waals surface area contributed by atoms with Crippen molar-refractivity contribution in [3.63, 3.8) is 0 Å². The van der Waals surface area contributed by atoms with E-state index in [1.54, 1.807) is 30.0 Å². The number of amides is 1. The third-order valence-corrected chi connectivity index (χ3v) is 8.29. The van der Waals surface area contributed by atoms with Gasteiger partial charge in [0.2, 0.25) is 0 Å². The number of hydrogen-bond donors (Lipinski definition) is 2. The van der Waals surface area contributed by atoms with Crippen molar-refractivity contribution < 1.29 is 29.0 Å². The van der Waals surface area contributed by atoms with Gasteiger partial charge in [-0.1, -0.05) is 12.5 Å². The number of carbonyl (C=O) groups excluding carboxylic acids is 1. The van der Waals surface area contributed by atoms with Crippen molar-refractivity contribution in [3.8, 4) is 0 Å². The van der Waals surface area contributed by atoms with Gasteiger partial charge in [0.15, 0.2) is 11.5 Å². The summed E-state index contributed by atoms with van der Waals surface area (Å²) in [5, 5.41) is 21.5. The van der Waals surface area contributed by atoms with Crippen molar-refractivity contribution in [2.45, 2.75) is 70.6 Å². The van der Waals surface area contributed by atoms with Crippen molar-refractivity contribution in [1.82, 2.24) is 14.5 Å². The van der Waals surface area contributed by atoms with E-state index < -0.39 is 24.1 Å². The molecule has 1 saturated carbocycles. The van der Waals surface area contributed by atoms with Crippen molar-refractivity contribution in [2.75, 3.05) is 12.0 Å². The van der Waals surface area contributed by atoms with Gasteiger partial charge >= 0.3 is 12.1 Å². The molecule has 1 aliphatic carbocycles. The van der Waals surface area contributed by atoms with E-state index in [1.807, 2.05) is 23.6 Å². The normalized spacial score (nSPS) is 22.2. The van der Waals surface area contributed by atoms with Crippen LogP contribution < -0.4 is 4.90 Å². The summed E-state index contributed by atoms with van der Waals surface area (Å²) in [6.07, 6.45) is 2.65. The molecule has 0 radical (unpaired) electrons. The van der Waals surface area contributed by atoms with Crippen LogP contribution in [0.2, 0.25) is 0 Å². The molecule has 204 valence electrons. The van der Waals surface area contributed by atoms with Gasteiger partial charge in [0.25, 0.3) is 0 Å². The number of benzene rings is 2. The van der Waals surface area contributed by atoms with Gasteiger partial charge in [-0.05, 0) is 68.9 Å². The maximum atomic E-state index is 12.7. The first-order valence-corrected chi connectivity index (χ1v) is 13.5. The van der Waals surface area contributed by atoms with Crippen LogP contribution in [0.5, 0.6) is 0 Å². The second-order valence-electron chi connectivity index (χ2n) is 10.7. The van der Waals surface area contributed by atoms with Crippen LogP contribution in [0.1, 0.15) is 74.0 Å². The quantitative estimate of drug-likeness (QED) is 0.362. The van der Waals surface area contributed by atoms with Crippen LogP contribution >= 0.6 is 0 Å². The van der Waals surface area contributed by atoms with E-state index >= 15 is 0 Å². The summed E-state index contributed by atoms with van der Waals surface area (Å²) in [4.78, 5) is 35.7. The number of carboxylic acid groups (broad SMARTS) is 1. The molecule has 2 aromatic heterocycles. The van der Waals surface area contributed by atoms with E-state index in [1.165, 1.54) is 7.11 Å². The first-order valence-electron chi connectivity index (χ1n) is 13.5. The molecule has 4 aromatic rings. The Balaban J connectivity index is 1.53. The molecule has 0 spiro atoms. The van der Waals surface area contributed by atoms with Crippen molar-refractivity contribution in [1.29, 1.82) is 0 Å². The van der Waals surface area contributed by atoms with E-state index in [9.17, 15) is 19.8 Å². The Morgan fingerprint density at radius 3 is 2.74 bits per heavy atom. The monoisotopic (exact) mass is 532 g/mol. The van der Waals surface area contributed by atoms with Crippen LogP contribution in [-0.4, -0.2) is 50.0 Å². The van der Waals surface area contributed by atoms with Gasteiger partial charge in [0, 0.05) is 24.6 Å². The maximum Gasteiger partial charge on any atom is 0.414 e. The number of fused-ring (bicyclic) bond motifs is 4. The Morgan fingerprint density at radius 1 is 1.15 bits per heavy atom. The molecule has 2 aromatic carbocycles. The predicted molar refractivity (Wildman–Crippen MR) is 144 cm³/mol. The molecule has 6 rings (SSSR count). The third kappa shape index (κ3) is 4.23. The lowest BCUT2D eigenvalue weighted by molar-refractivity contribution is -0.143. The van der Waals surface area contributed by atoms with E-state index in [0.29, 0.717) is 41.2 Å². The summed E-state index contributed by atoms with van der Waals surface area (Å²) in [5.74, 6) is -0.244. The summed E-state index contributed by atoms with van der Waals surface area (Å²) in [7, 11) is 1.38. The Labute approximate surface area is 225 Å². The predicted octanol–water partition coefficient (Wildman–Crippen LogP) is 5.29. The van der Waals surface area contributed by atoms with E-state index in [4.69, 9.17) is 14.1 Å². The molecule has 1 aliphatic heterocycles. The van der Waals surface area contributed by atoms with Gasteiger partial charge in [0.05, 0.1) is 29.7 Å². The van der Waals surface area contributed by atoms with Crippen LogP contribution in [0.25, 0.3) is 22.1 Å². The zero-order valence-corrected chi connectivity index (χ0v) is 22.3. The minimum absolute atomic E-state index is 0.0261. The first-order chi connectivity index (χ1) is 18.8. The van der Waals surface area contributed by atoms with E-state index in [2.05, 4.69) is 4.98 Å². The highest BCUT2D eigenvalue weighted by molar-refractivity contribution is 5.95. The average Bonchev–Trinajstić information content (AvgIpc) is 3.51. The molecule has 10 heteroatoms. The second kappa shape index (κ2) is 9.68. The number of imidazole rings is 1. The lowest BCUT2D eigenvalue weighted by Crippen LogP contribution is -2.42. The molecule has 1 amide bonds. The van der Waals surface area contributed by atoms with Gasteiger partial charge in [-0.3, -0.25) is 9.69 Å². The smallest absolute Gasteiger partial charge is 0.414 e. The van der Waals surface area contributed by atoms with Crippen LogP contribution in [0.4, 0.5) is 10.5 Å². The summed E-state index contributed by atoms with van der Waals surface area (Å²) in [6.45, 7) is 3.77. The summed E-state index contributed by atoms with van der Waals surface area (Å²) in [5.41, 5.74) is 5.14. The zero-order valence-electron chi connectivity index (χ0n) is 22.3. The van der Waals surface area contributed by atoms with E-state index in [-0.39, 0.29) is 12.1 Å². The van der Waals surface area contributed by atoms with Crippen LogP contribution in [0.15, 0.2) is 34.7 Å². The number of hydrogen-bond acceptors (Lipinski definition) is 7. The highest BCUT2D eigenvalue weighted by Gasteiger charge is 2.35. The van der Waals surface area contributed by atoms with Crippen molar-refractivity contribution in [3.05, 3.63) is 53.2 Å². The molecule has 4 atom stereocenters. The topological polar surface area (TPSA) is 131 Å². The minimum atomic E-state index is -1.07. The number of aryl methyl sites for hydroxylation is 2. The molecule has 2 aliphatic rings. The lowest BCUT2D eigenvalue weighted by Gasteiger charge is -2.34. The number of aliphatic hydroxyl groups is 1. The fourth-order valence-corrected chi connectivity index (χ4v) is 6.37. The lowest BCUT2D eigenvalue weighted by atomic mass is 9.85. The van der Waals surface area contributed by atoms with Crippen LogP contribution in [-0.2, 0) is 16.0 Å². The molecule has 39 heavy (non-hydrogen) atoms. The number of carboxylic acids is 1. The average molecular weight is 533 g/mol. The zero-order chi connectivity index (χ0) is 27.4. The van der Waals surface area contributed by atoms with Crippen LogP contribution in [0.3, 0.4) is 0 Å². The highest BCUT2D eigenvalue weighted by atomic mass is 16.5. The fraction of sp³-hybridized carbons (Fsp3) is 0.448.